The van der Waals surface area contributed by atoms with Crippen molar-refractivity contribution in [2.24, 2.45) is 0 Å². The van der Waals surface area contributed by atoms with E-state index in [2.05, 4.69) is 31.7 Å². The first kappa shape index (κ1) is 28.0. The van der Waals surface area contributed by atoms with E-state index in [1.807, 2.05) is 18.2 Å². The Hall–Kier alpha value is -3.59. The Morgan fingerprint density at radius 3 is 2.67 bits per heavy atom. The molecule has 11 heteroatoms. The summed E-state index contributed by atoms with van der Waals surface area (Å²) >= 11 is 0. The first-order valence-corrected chi connectivity index (χ1v) is 13.8. The fourth-order valence-corrected chi connectivity index (χ4v) is 5.43. The number of hydrogen-bond acceptors (Lipinski definition) is 8. The highest BCUT2D eigenvalue weighted by atomic mass is 19.1. The fraction of sp³-hybridized carbons (Fsp3) is 0.517. The number of fused-ring (bicyclic) bond motifs is 1. The van der Waals surface area contributed by atoms with Crippen LogP contribution in [0.15, 0.2) is 36.7 Å². The topological polar surface area (TPSA) is 128 Å². The van der Waals surface area contributed by atoms with Crippen LogP contribution in [-0.2, 0) is 4.74 Å². The van der Waals surface area contributed by atoms with Gasteiger partial charge in [-0.2, -0.15) is 10.4 Å². The van der Waals surface area contributed by atoms with Gasteiger partial charge >= 0.3 is 0 Å². The smallest absolute Gasteiger partial charge is 0.255 e. The number of nitrogens with zero attached hydrogens (tertiary/aromatic N) is 5. The van der Waals surface area contributed by atoms with Gasteiger partial charge in [0, 0.05) is 31.4 Å². The third-order valence-corrected chi connectivity index (χ3v) is 7.87. The number of pyridine rings is 1. The zero-order chi connectivity index (χ0) is 28.3. The molecule has 3 aromatic heterocycles. The molecule has 5 rings (SSSR count). The SMILES string of the molecule is CC(C)(O)C(F)CNC(=O)c1cnc(-c2ccc3cc(C#N)cnn23)cc1NC1CCC(N2CCOCC2)CC1. The minimum atomic E-state index is -1.62. The van der Waals surface area contributed by atoms with Crippen molar-refractivity contribution in [2.45, 2.75) is 63.4 Å². The number of hydrogen-bond donors (Lipinski definition) is 3. The molecule has 0 radical (unpaired) electrons. The maximum atomic E-state index is 14.4. The van der Waals surface area contributed by atoms with Crippen LogP contribution < -0.4 is 10.6 Å². The molecule has 2 aliphatic rings. The van der Waals surface area contributed by atoms with Gasteiger partial charge in [0.25, 0.3) is 5.91 Å². The van der Waals surface area contributed by atoms with E-state index in [1.54, 1.807) is 10.6 Å². The number of nitrogens with one attached hydrogen (secondary N) is 2. The normalized spacial score (nSPS) is 21.1. The van der Waals surface area contributed by atoms with E-state index in [0.29, 0.717) is 28.6 Å². The van der Waals surface area contributed by atoms with Gasteiger partial charge in [0.1, 0.15) is 12.2 Å². The average Bonchev–Trinajstić information content (AvgIpc) is 3.39. The predicted octanol–water partition coefficient (Wildman–Crippen LogP) is 3.16. The van der Waals surface area contributed by atoms with Crippen LogP contribution in [0.1, 0.15) is 55.5 Å². The number of ether oxygens (including phenoxy) is 1. The second-order valence-corrected chi connectivity index (χ2v) is 11.2. The maximum Gasteiger partial charge on any atom is 0.255 e. The lowest BCUT2D eigenvalue weighted by Gasteiger charge is -2.39. The van der Waals surface area contributed by atoms with Gasteiger partial charge in [0.05, 0.1) is 65.3 Å². The van der Waals surface area contributed by atoms with Gasteiger partial charge in [-0.25, -0.2) is 8.91 Å². The molecule has 1 unspecified atom stereocenters. The van der Waals surface area contributed by atoms with Crippen molar-refractivity contribution in [3.63, 3.8) is 0 Å². The van der Waals surface area contributed by atoms with Gasteiger partial charge in [-0.1, -0.05) is 0 Å². The van der Waals surface area contributed by atoms with E-state index < -0.39 is 17.7 Å². The predicted molar refractivity (Wildman–Crippen MR) is 149 cm³/mol. The fourth-order valence-electron chi connectivity index (χ4n) is 5.43. The third kappa shape index (κ3) is 6.25. The number of anilines is 1. The van der Waals surface area contributed by atoms with Crippen molar-refractivity contribution in [3.8, 4) is 17.5 Å². The van der Waals surface area contributed by atoms with E-state index >= 15 is 0 Å². The lowest BCUT2D eigenvalue weighted by atomic mass is 9.89. The molecule has 4 heterocycles. The van der Waals surface area contributed by atoms with Crippen LogP contribution in [0, 0.1) is 11.3 Å². The molecule has 212 valence electrons. The van der Waals surface area contributed by atoms with Gasteiger partial charge < -0.3 is 20.5 Å². The molecule has 1 amide bonds. The average molecular weight is 550 g/mol. The van der Waals surface area contributed by atoms with E-state index in [1.165, 1.54) is 26.2 Å². The van der Waals surface area contributed by atoms with E-state index in [0.717, 1.165) is 63.2 Å². The molecule has 1 saturated heterocycles. The standard InChI is InChI=1S/C29H36FN7O3/c1-29(2,39)27(30)18-33-28(38)23-17-32-25(26-8-7-22-13-19(15-31)16-34-37(22)26)14-24(23)35-20-3-5-21(6-4-20)36-9-11-40-12-10-36/h7-8,13-14,16-17,20-21,27,39H,3-6,9-12,18H2,1-2H3,(H,32,35)(H,33,38). The van der Waals surface area contributed by atoms with Crippen LogP contribution in [0.4, 0.5) is 10.1 Å². The van der Waals surface area contributed by atoms with Gasteiger partial charge in [0.2, 0.25) is 0 Å². The van der Waals surface area contributed by atoms with Crippen molar-refractivity contribution in [1.82, 2.24) is 24.8 Å². The number of rotatable bonds is 8. The molecule has 0 spiro atoms. The van der Waals surface area contributed by atoms with Crippen LogP contribution in [-0.4, -0.2) is 87.2 Å². The lowest BCUT2D eigenvalue weighted by Crippen LogP contribution is -2.46. The van der Waals surface area contributed by atoms with Gasteiger partial charge in [-0.15, -0.1) is 0 Å². The van der Waals surface area contributed by atoms with Crippen LogP contribution in [0.2, 0.25) is 0 Å². The summed E-state index contributed by atoms with van der Waals surface area (Å²) in [6.45, 7) is 5.93. The molecule has 1 atom stereocenters. The summed E-state index contributed by atoms with van der Waals surface area (Å²) in [5.41, 5.74) is 1.90. The highest BCUT2D eigenvalue weighted by Crippen LogP contribution is 2.30. The maximum absolute atomic E-state index is 14.4. The van der Waals surface area contributed by atoms with Crippen LogP contribution in [0.3, 0.4) is 0 Å². The van der Waals surface area contributed by atoms with Crippen LogP contribution in [0.25, 0.3) is 16.9 Å². The zero-order valence-electron chi connectivity index (χ0n) is 22.9. The van der Waals surface area contributed by atoms with Crippen molar-refractivity contribution in [3.05, 3.63) is 47.8 Å². The second-order valence-electron chi connectivity index (χ2n) is 11.2. The van der Waals surface area contributed by atoms with Gasteiger partial charge in [-0.3, -0.25) is 14.7 Å². The Bertz CT molecular complexity index is 1380. The van der Waals surface area contributed by atoms with E-state index in [-0.39, 0.29) is 12.6 Å². The molecular formula is C29H36FN7O3. The summed E-state index contributed by atoms with van der Waals surface area (Å²) in [5.74, 6) is -0.466. The van der Waals surface area contributed by atoms with E-state index in [9.17, 15) is 19.6 Å². The third-order valence-electron chi connectivity index (χ3n) is 7.87. The molecule has 40 heavy (non-hydrogen) atoms. The Morgan fingerprint density at radius 1 is 1.23 bits per heavy atom. The number of carbonyl (C=O) groups excluding carboxylic acids is 1. The summed E-state index contributed by atoms with van der Waals surface area (Å²) in [6, 6.07) is 10.1. The molecule has 10 nitrogen and oxygen atoms in total. The number of amides is 1. The summed E-state index contributed by atoms with van der Waals surface area (Å²) in [4.78, 5) is 20.2. The summed E-state index contributed by atoms with van der Waals surface area (Å²) in [6.07, 6.45) is 5.40. The minimum Gasteiger partial charge on any atom is -0.387 e. The highest BCUT2D eigenvalue weighted by molar-refractivity contribution is 6.00. The second kappa shape index (κ2) is 11.9. The molecule has 1 aliphatic carbocycles. The monoisotopic (exact) mass is 549 g/mol. The van der Waals surface area contributed by atoms with Crippen molar-refractivity contribution in [2.75, 3.05) is 38.2 Å². The summed E-state index contributed by atoms with van der Waals surface area (Å²) in [5, 5.41) is 29.7. The Labute approximate surface area is 233 Å². The Morgan fingerprint density at radius 2 is 1.98 bits per heavy atom. The molecule has 0 aromatic carbocycles. The molecule has 0 bridgehead atoms. The summed E-state index contributed by atoms with van der Waals surface area (Å²) < 4.78 is 21.6. The van der Waals surface area contributed by atoms with Gasteiger partial charge in [0.15, 0.2) is 0 Å². The Kier molecular flexibility index (Phi) is 8.30. The first-order chi connectivity index (χ1) is 19.2. The molecule has 3 aromatic rings. The quantitative estimate of drug-likeness (QED) is 0.391. The zero-order valence-corrected chi connectivity index (χ0v) is 22.9. The number of alkyl halides is 1. The number of nitriles is 1. The molecule has 1 saturated carbocycles. The van der Waals surface area contributed by atoms with E-state index in [4.69, 9.17) is 4.74 Å². The van der Waals surface area contributed by atoms with Gasteiger partial charge in [-0.05, 0) is 63.8 Å². The number of carbonyl (C=O) groups is 1. The summed E-state index contributed by atoms with van der Waals surface area (Å²) in [7, 11) is 0. The minimum absolute atomic E-state index is 0.171. The number of morpholine rings is 1. The molecule has 3 N–H and O–H groups in total. The van der Waals surface area contributed by atoms with Crippen molar-refractivity contribution < 1.29 is 19.0 Å². The molecule has 2 fully saturated rings. The molecule has 1 aliphatic heterocycles. The largest absolute Gasteiger partial charge is 0.387 e. The van der Waals surface area contributed by atoms with Crippen molar-refractivity contribution in [1.29, 1.82) is 5.26 Å². The highest BCUT2D eigenvalue weighted by Gasteiger charge is 2.29. The number of aromatic nitrogens is 3. The molecular weight excluding hydrogens is 513 g/mol. The van der Waals surface area contributed by atoms with Crippen molar-refractivity contribution >= 4 is 17.1 Å². The van der Waals surface area contributed by atoms with Crippen LogP contribution in [0.5, 0.6) is 0 Å². The Balaban J connectivity index is 1.38. The first-order valence-electron chi connectivity index (χ1n) is 13.8. The number of halogens is 1. The number of aliphatic hydroxyl groups is 1. The lowest BCUT2D eigenvalue weighted by molar-refractivity contribution is -0.00177. The van der Waals surface area contributed by atoms with Crippen LogP contribution >= 0.6 is 0 Å².